The first-order valence-electron chi connectivity index (χ1n) is 4.42. The highest BCUT2D eigenvalue weighted by molar-refractivity contribution is 7.15. The van der Waals surface area contributed by atoms with Crippen LogP contribution in [0.15, 0.2) is 18.3 Å². The summed E-state index contributed by atoms with van der Waals surface area (Å²) in [6, 6.07) is 4.65. The van der Waals surface area contributed by atoms with E-state index in [0.29, 0.717) is 4.88 Å². The fourth-order valence-electron chi connectivity index (χ4n) is 1.15. The smallest absolute Gasteiger partial charge is 0.234 e. The van der Waals surface area contributed by atoms with E-state index in [4.69, 9.17) is 16.9 Å². The topological polar surface area (TPSA) is 49.6 Å². The number of hydrogen-bond donors (Lipinski definition) is 0. The summed E-state index contributed by atoms with van der Waals surface area (Å²) in [5, 5.41) is 8.66. The van der Waals surface area contributed by atoms with Crippen molar-refractivity contribution in [2.45, 2.75) is 6.43 Å². The van der Waals surface area contributed by atoms with Crippen molar-refractivity contribution in [3.8, 4) is 16.8 Å². The predicted octanol–water partition coefficient (Wildman–Crippen LogP) is 3.67. The van der Waals surface area contributed by atoms with Crippen molar-refractivity contribution < 1.29 is 8.78 Å². The molecular formula is C10H4ClF2N3S. The Kier molecular flexibility index (Phi) is 3.31. The number of nitrogens with zero attached hydrogens (tertiary/aromatic N) is 3. The van der Waals surface area contributed by atoms with Crippen LogP contribution in [0.5, 0.6) is 0 Å². The molecule has 2 aromatic rings. The zero-order valence-corrected chi connectivity index (χ0v) is 9.77. The number of nitriles is 1. The van der Waals surface area contributed by atoms with Crippen molar-refractivity contribution in [2.24, 2.45) is 0 Å². The van der Waals surface area contributed by atoms with Crippen molar-refractivity contribution in [1.29, 1.82) is 5.26 Å². The summed E-state index contributed by atoms with van der Waals surface area (Å²) in [6.45, 7) is 0. The normalized spacial score (nSPS) is 10.5. The molecule has 7 heteroatoms. The van der Waals surface area contributed by atoms with Gasteiger partial charge in [-0.25, -0.2) is 18.7 Å². The molecule has 0 aliphatic rings. The van der Waals surface area contributed by atoms with Gasteiger partial charge in [0, 0.05) is 0 Å². The van der Waals surface area contributed by atoms with Crippen molar-refractivity contribution in [1.82, 2.24) is 9.97 Å². The van der Waals surface area contributed by atoms with Gasteiger partial charge in [0.05, 0.1) is 16.0 Å². The largest absolute Gasteiger partial charge is 0.272 e. The van der Waals surface area contributed by atoms with E-state index in [9.17, 15) is 8.78 Å². The van der Waals surface area contributed by atoms with Crippen LogP contribution in [0.4, 0.5) is 8.78 Å². The molecule has 86 valence electrons. The number of hydrogen-bond acceptors (Lipinski definition) is 4. The summed E-state index contributed by atoms with van der Waals surface area (Å²) in [7, 11) is 0. The molecule has 0 bridgehead atoms. The van der Waals surface area contributed by atoms with E-state index in [1.54, 1.807) is 0 Å². The van der Waals surface area contributed by atoms with Gasteiger partial charge in [0.1, 0.15) is 11.6 Å². The van der Waals surface area contributed by atoms with Gasteiger partial charge in [-0.2, -0.15) is 5.26 Å². The van der Waals surface area contributed by atoms with E-state index >= 15 is 0 Å². The van der Waals surface area contributed by atoms with Crippen molar-refractivity contribution in [3.05, 3.63) is 33.9 Å². The zero-order valence-electron chi connectivity index (χ0n) is 8.19. The fourth-order valence-corrected chi connectivity index (χ4v) is 2.12. The maximum atomic E-state index is 12.4. The molecule has 0 N–H and O–H groups in total. The van der Waals surface area contributed by atoms with E-state index in [2.05, 4.69) is 9.97 Å². The number of aromatic nitrogens is 2. The van der Waals surface area contributed by atoms with Crippen LogP contribution in [0.1, 0.15) is 16.9 Å². The van der Waals surface area contributed by atoms with Crippen molar-refractivity contribution >= 4 is 22.9 Å². The standard InChI is InChI=1S/C10H4ClF2N3S/c11-8-5(3-14)4-15-10(16-8)7-2-1-6(17-7)9(12)13/h1-2,4,9H. The van der Waals surface area contributed by atoms with Crippen LogP contribution in [0.3, 0.4) is 0 Å². The molecule has 0 unspecified atom stereocenters. The Morgan fingerprint density at radius 2 is 2.18 bits per heavy atom. The van der Waals surface area contributed by atoms with Crippen LogP contribution >= 0.6 is 22.9 Å². The first kappa shape index (κ1) is 11.9. The van der Waals surface area contributed by atoms with Crippen LogP contribution in [-0.2, 0) is 0 Å². The molecule has 0 radical (unpaired) electrons. The van der Waals surface area contributed by atoms with Gasteiger partial charge in [0.25, 0.3) is 6.43 Å². The second kappa shape index (κ2) is 4.73. The summed E-state index contributed by atoms with van der Waals surface area (Å²) < 4.78 is 24.8. The molecule has 0 atom stereocenters. The Hall–Kier alpha value is -1.58. The number of thiophene rings is 1. The molecule has 2 rings (SSSR count). The first-order chi connectivity index (χ1) is 8.11. The first-order valence-corrected chi connectivity index (χ1v) is 5.62. The molecular weight excluding hydrogens is 268 g/mol. The van der Waals surface area contributed by atoms with Crippen LogP contribution in [0.2, 0.25) is 5.15 Å². The third-order valence-electron chi connectivity index (χ3n) is 1.92. The van der Waals surface area contributed by atoms with Gasteiger partial charge in [0.2, 0.25) is 0 Å². The third-order valence-corrected chi connectivity index (χ3v) is 3.30. The average molecular weight is 272 g/mol. The van der Waals surface area contributed by atoms with Gasteiger partial charge in [0.15, 0.2) is 11.0 Å². The molecule has 0 aromatic carbocycles. The lowest BCUT2D eigenvalue weighted by Gasteiger charge is -1.97. The van der Waals surface area contributed by atoms with E-state index in [-0.39, 0.29) is 21.4 Å². The van der Waals surface area contributed by atoms with Gasteiger partial charge in [-0.3, -0.25) is 0 Å². The molecule has 0 amide bonds. The SMILES string of the molecule is N#Cc1cnc(-c2ccc(C(F)F)s2)nc1Cl. The lowest BCUT2D eigenvalue weighted by Crippen LogP contribution is -1.90. The molecule has 0 aliphatic carbocycles. The maximum absolute atomic E-state index is 12.4. The Labute approximate surface area is 104 Å². The number of alkyl halides is 2. The highest BCUT2D eigenvalue weighted by atomic mass is 35.5. The van der Waals surface area contributed by atoms with E-state index in [1.165, 1.54) is 18.3 Å². The van der Waals surface area contributed by atoms with Crippen LogP contribution < -0.4 is 0 Å². The lowest BCUT2D eigenvalue weighted by molar-refractivity contribution is 0.155. The van der Waals surface area contributed by atoms with E-state index in [1.807, 2.05) is 6.07 Å². The second-order valence-electron chi connectivity index (χ2n) is 3.01. The Bertz CT molecular complexity index is 591. The summed E-state index contributed by atoms with van der Waals surface area (Å²) in [4.78, 5) is 8.23. The van der Waals surface area contributed by atoms with Crippen LogP contribution in [-0.4, -0.2) is 9.97 Å². The van der Waals surface area contributed by atoms with Crippen molar-refractivity contribution in [2.75, 3.05) is 0 Å². The Balaban J connectivity index is 2.40. The minimum absolute atomic E-state index is 0.0181. The quantitative estimate of drug-likeness (QED) is 0.783. The summed E-state index contributed by atoms with van der Waals surface area (Å²) in [6.07, 6.45) is -1.24. The molecule has 2 aromatic heterocycles. The van der Waals surface area contributed by atoms with Gasteiger partial charge >= 0.3 is 0 Å². The number of halogens is 3. The Morgan fingerprint density at radius 1 is 1.41 bits per heavy atom. The van der Waals surface area contributed by atoms with Gasteiger partial charge in [-0.15, -0.1) is 11.3 Å². The molecule has 0 fully saturated rings. The van der Waals surface area contributed by atoms with E-state index < -0.39 is 6.43 Å². The van der Waals surface area contributed by atoms with Gasteiger partial charge in [-0.05, 0) is 12.1 Å². The van der Waals surface area contributed by atoms with Crippen LogP contribution in [0, 0.1) is 11.3 Å². The third kappa shape index (κ3) is 2.40. The monoisotopic (exact) mass is 271 g/mol. The summed E-state index contributed by atoms with van der Waals surface area (Å²) >= 11 is 6.63. The predicted molar refractivity (Wildman–Crippen MR) is 60.0 cm³/mol. The molecule has 0 spiro atoms. The highest BCUT2D eigenvalue weighted by Gasteiger charge is 2.13. The summed E-state index contributed by atoms with van der Waals surface area (Å²) in [5.74, 6) is 0.242. The van der Waals surface area contributed by atoms with Gasteiger partial charge < -0.3 is 0 Å². The van der Waals surface area contributed by atoms with E-state index in [0.717, 1.165) is 11.3 Å². The maximum Gasteiger partial charge on any atom is 0.272 e. The minimum Gasteiger partial charge on any atom is -0.234 e. The fraction of sp³-hybridized carbons (Fsp3) is 0.100. The molecule has 2 heterocycles. The second-order valence-corrected chi connectivity index (χ2v) is 4.49. The average Bonchev–Trinajstić information content (AvgIpc) is 2.78. The number of rotatable bonds is 2. The van der Waals surface area contributed by atoms with Gasteiger partial charge in [-0.1, -0.05) is 11.6 Å². The molecule has 0 saturated heterocycles. The molecule has 3 nitrogen and oxygen atoms in total. The minimum atomic E-state index is -2.51. The zero-order chi connectivity index (χ0) is 12.4. The lowest BCUT2D eigenvalue weighted by atomic mass is 10.3. The Morgan fingerprint density at radius 3 is 2.71 bits per heavy atom. The molecule has 0 saturated carbocycles. The summed E-state index contributed by atoms with van der Waals surface area (Å²) in [5.41, 5.74) is 0.154. The van der Waals surface area contributed by atoms with Crippen molar-refractivity contribution in [3.63, 3.8) is 0 Å². The van der Waals surface area contributed by atoms with Crippen LogP contribution in [0.25, 0.3) is 10.7 Å². The molecule has 17 heavy (non-hydrogen) atoms. The highest BCUT2D eigenvalue weighted by Crippen LogP contribution is 2.32. The molecule has 0 aliphatic heterocycles.